The number of hydrogen-bond acceptors (Lipinski definition) is 5. The van der Waals surface area contributed by atoms with Crippen molar-refractivity contribution in [1.82, 2.24) is 5.32 Å². The average molecular weight is 377 g/mol. The summed E-state index contributed by atoms with van der Waals surface area (Å²) in [5.41, 5.74) is 1.61. The van der Waals surface area contributed by atoms with Gasteiger partial charge >= 0.3 is 5.97 Å². The summed E-state index contributed by atoms with van der Waals surface area (Å²) in [5.74, 6) is -0.0301. The van der Waals surface area contributed by atoms with Crippen LogP contribution in [0.15, 0.2) is 42.5 Å². The number of methoxy groups -OCH3 is 2. The number of hydrogen-bond donors (Lipinski definition) is 2. The first-order valence-corrected chi connectivity index (χ1v) is 8.38. The molecule has 2 rings (SSSR count). The van der Waals surface area contributed by atoms with Gasteiger partial charge in [-0.15, -0.1) is 0 Å². The molecule has 138 valence electrons. The first-order valence-electron chi connectivity index (χ1n) is 8.00. The summed E-state index contributed by atoms with van der Waals surface area (Å²) in [4.78, 5) is 23.8. The highest BCUT2D eigenvalue weighted by Gasteiger charge is 2.14. The summed E-state index contributed by atoms with van der Waals surface area (Å²) in [7, 11) is 2.90. The zero-order valence-corrected chi connectivity index (χ0v) is 15.6. The monoisotopic (exact) mass is 376 g/mol. The van der Waals surface area contributed by atoms with Crippen molar-refractivity contribution in [3.63, 3.8) is 0 Å². The van der Waals surface area contributed by atoms with Crippen LogP contribution in [0.4, 0.5) is 5.69 Å². The number of carbonyl (C=O) groups excluding carboxylic acids is 2. The Morgan fingerprint density at radius 3 is 2.58 bits per heavy atom. The normalized spacial score (nSPS) is 11.5. The molecule has 0 aromatic heterocycles. The number of ether oxygens (including phenoxy) is 2. The van der Waals surface area contributed by atoms with E-state index in [0.29, 0.717) is 16.3 Å². The van der Waals surface area contributed by atoms with Gasteiger partial charge in [0.05, 0.1) is 37.0 Å². The highest BCUT2D eigenvalue weighted by molar-refractivity contribution is 6.33. The highest BCUT2D eigenvalue weighted by Crippen LogP contribution is 2.25. The maximum atomic E-state index is 12.2. The highest BCUT2D eigenvalue weighted by atomic mass is 35.5. The van der Waals surface area contributed by atoms with Gasteiger partial charge in [0, 0.05) is 11.6 Å². The van der Waals surface area contributed by atoms with Crippen molar-refractivity contribution in [1.29, 1.82) is 0 Å². The van der Waals surface area contributed by atoms with Gasteiger partial charge in [0.1, 0.15) is 5.75 Å². The minimum absolute atomic E-state index is 0.0675. The van der Waals surface area contributed by atoms with Gasteiger partial charge in [-0.25, -0.2) is 4.79 Å². The fourth-order valence-corrected chi connectivity index (χ4v) is 2.60. The van der Waals surface area contributed by atoms with E-state index < -0.39 is 5.97 Å². The molecule has 2 aromatic rings. The Hall–Kier alpha value is -2.57. The molecule has 0 bridgehead atoms. The summed E-state index contributed by atoms with van der Waals surface area (Å²) >= 11 is 6.08. The number of nitrogens with one attached hydrogen (secondary N) is 2. The quantitative estimate of drug-likeness (QED) is 0.724. The molecule has 26 heavy (non-hydrogen) atoms. The van der Waals surface area contributed by atoms with Crippen molar-refractivity contribution in [3.05, 3.63) is 58.6 Å². The zero-order valence-electron chi connectivity index (χ0n) is 14.8. The Morgan fingerprint density at radius 1 is 1.15 bits per heavy atom. The van der Waals surface area contributed by atoms with Gasteiger partial charge in [-0.2, -0.15) is 0 Å². The molecule has 0 spiro atoms. The molecular weight excluding hydrogens is 356 g/mol. The molecule has 0 saturated heterocycles. The van der Waals surface area contributed by atoms with Crippen LogP contribution in [0.25, 0.3) is 0 Å². The maximum absolute atomic E-state index is 12.2. The predicted molar refractivity (Wildman–Crippen MR) is 101 cm³/mol. The van der Waals surface area contributed by atoms with Gasteiger partial charge in [0.25, 0.3) is 0 Å². The van der Waals surface area contributed by atoms with Crippen molar-refractivity contribution in [2.24, 2.45) is 0 Å². The number of para-hydroxylation sites is 1. The maximum Gasteiger partial charge on any atom is 0.337 e. The van der Waals surface area contributed by atoms with Crippen LogP contribution in [0.2, 0.25) is 5.02 Å². The minimum atomic E-state index is -0.500. The van der Waals surface area contributed by atoms with Gasteiger partial charge in [0.15, 0.2) is 0 Å². The van der Waals surface area contributed by atoms with E-state index in [1.54, 1.807) is 7.11 Å². The van der Waals surface area contributed by atoms with Crippen LogP contribution in [0, 0.1) is 0 Å². The second-order valence-corrected chi connectivity index (χ2v) is 5.99. The molecule has 2 N–H and O–H groups in total. The number of esters is 1. The third-order valence-electron chi connectivity index (χ3n) is 3.84. The number of anilines is 1. The summed E-state index contributed by atoms with van der Waals surface area (Å²) in [6.45, 7) is 2.01. The van der Waals surface area contributed by atoms with E-state index in [4.69, 9.17) is 16.3 Å². The Labute approximate surface area is 157 Å². The minimum Gasteiger partial charge on any atom is -0.496 e. The first-order chi connectivity index (χ1) is 12.5. The van der Waals surface area contributed by atoms with E-state index in [-0.39, 0.29) is 18.5 Å². The Balaban J connectivity index is 2.00. The van der Waals surface area contributed by atoms with Gasteiger partial charge in [-0.1, -0.05) is 29.8 Å². The summed E-state index contributed by atoms with van der Waals surface area (Å²) < 4.78 is 10.00. The zero-order chi connectivity index (χ0) is 19.1. The second-order valence-electron chi connectivity index (χ2n) is 5.58. The van der Waals surface area contributed by atoms with Crippen LogP contribution >= 0.6 is 11.6 Å². The Bertz CT molecular complexity index is 795. The fraction of sp³-hybridized carbons (Fsp3) is 0.263. The topological polar surface area (TPSA) is 76.7 Å². The molecule has 0 aliphatic carbocycles. The molecule has 1 amide bonds. The number of benzene rings is 2. The molecule has 0 fully saturated rings. The van der Waals surface area contributed by atoms with E-state index in [2.05, 4.69) is 15.4 Å². The summed E-state index contributed by atoms with van der Waals surface area (Å²) in [6.07, 6.45) is 0. The molecule has 6 nitrogen and oxygen atoms in total. The predicted octanol–water partition coefficient (Wildman–Crippen LogP) is 3.42. The summed E-state index contributed by atoms with van der Waals surface area (Å²) in [6, 6.07) is 12.1. The number of rotatable bonds is 7. The van der Waals surface area contributed by atoms with Crippen LogP contribution in [-0.2, 0) is 9.53 Å². The van der Waals surface area contributed by atoms with E-state index >= 15 is 0 Å². The first kappa shape index (κ1) is 19.8. The molecule has 0 saturated carbocycles. The molecule has 0 unspecified atom stereocenters. The average Bonchev–Trinajstić information content (AvgIpc) is 2.67. The van der Waals surface area contributed by atoms with Crippen LogP contribution in [0.5, 0.6) is 5.75 Å². The SMILES string of the molecule is COC(=O)c1ccc(Cl)c(NC(=O)CN[C@@H](C)c2ccccc2OC)c1. The third kappa shape index (κ3) is 4.97. The smallest absolute Gasteiger partial charge is 0.337 e. The summed E-state index contributed by atoms with van der Waals surface area (Å²) in [5, 5.41) is 6.16. The lowest BCUT2D eigenvalue weighted by Crippen LogP contribution is -2.30. The van der Waals surface area contributed by atoms with Crippen molar-refractivity contribution in [2.75, 3.05) is 26.1 Å². The van der Waals surface area contributed by atoms with Crippen LogP contribution in [-0.4, -0.2) is 32.6 Å². The molecule has 0 aliphatic rings. The lowest BCUT2D eigenvalue weighted by atomic mass is 10.1. The van der Waals surface area contributed by atoms with E-state index in [0.717, 1.165) is 11.3 Å². The van der Waals surface area contributed by atoms with Crippen molar-refractivity contribution in [3.8, 4) is 5.75 Å². The lowest BCUT2D eigenvalue weighted by molar-refractivity contribution is -0.115. The van der Waals surface area contributed by atoms with Crippen LogP contribution in [0.3, 0.4) is 0 Å². The lowest BCUT2D eigenvalue weighted by Gasteiger charge is -2.17. The van der Waals surface area contributed by atoms with Gasteiger partial charge in [-0.3, -0.25) is 4.79 Å². The van der Waals surface area contributed by atoms with Crippen LogP contribution in [0.1, 0.15) is 28.9 Å². The molecule has 7 heteroatoms. The van der Waals surface area contributed by atoms with E-state index in [1.165, 1.54) is 25.3 Å². The number of amides is 1. The molecule has 0 aliphatic heterocycles. The van der Waals surface area contributed by atoms with Crippen molar-refractivity contribution in [2.45, 2.75) is 13.0 Å². The second kappa shape index (κ2) is 9.22. The molecule has 0 heterocycles. The Kier molecular flexibility index (Phi) is 7.00. The number of halogens is 1. The van der Waals surface area contributed by atoms with Crippen molar-refractivity contribution < 1.29 is 19.1 Å². The van der Waals surface area contributed by atoms with Crippen molar-refractivity contribution >= 4 is 29.2 Å². The van der Waals surface area contributed by atoms with Gasteiger partial charge in [0.2, 0.25) is 5.91 Å². The van der Waals surface area contributed by atoms with E-state index in [1.807, 2.05) is 31.2 Å². The molecular formula is C19H21ClN2O4. The molecule has 0 radical (unpaired) electrons. The van der Waals surface area contributed by atoms with Gasteiger partial charge in [-0.05, 0) is 31.2 Å². The molecule has 1 atom stereocenters. The Morgan fingerprint density at radius 2 is 1.88 bits per heavy atom. The number of carbonyl (C=O) groups is 2. The van der Waals surface area contributed by atoms with Gasteiger partial charge < -0.3 is 20.1 Å². The van der Waals surface area contributed by atoms with E-state index in [9.17, 15) is 9.59 Å². The standard InChI is InChI=1S/C19H21ClN2O4/c1-12(14-6-4-5-7-17(14)25-2)21-11-18(23)22-16-10-13(19(24)26-3)8-9-15(16)20/h4-10,12,21H,11H2,1-3H3,(H,22,23)/t12-/m0/s1. The largest absolute Gasteiger partial charge is 0.496 e. The third-order valence-corrected chi connectivity index (χ3v) is 4.17. The molecule has 2 aromatic carbocycles. The van der Waals surface area contributed by atoms with Crippen LogP contribution < -0.4 is 15.4 Å². The fourth-order valence-electron chi connectivity index (χ4n) is 2.44.